The number of likely N-dealkylation sites (tertiary alicyclic amines) is 1. The van der Waals surface area contributed by atoms with Crippen LogP contribution in [0.5, 0.6) is 0 Å². The van der Waals surface area contributed by atoms with Crippen LogP contribution in [0.15, 0.2) is 0 Å². The predicted molar refractivity (Wildman–Crippen MR) is 41.1 cm³/mol. The fourth-order valence-corrected chi connectivity index (χ4v) is 1.91. The predicted octanol–water partition coefficient (Wildman–Crippen LogP) is 1.14. The first-order chi connectivity index (χ1) is 4.83. The van der Waals surface area contributed by atoms with E-state index in [1.807, 2.05) is 0 Å². The van der Waals surface area contributed by atoms with Crippen LogP contribution >= 0.6 is 0 Å². The summed E-state index contributed by atoms with van der Waals surface area (Å²) < 4.78 is 0. The molecule has 10 heavy (non-hydrogen) atoms. The van der Waals surface area contributed by atoms with Gasteiger partial charge in [0.1, 0.15) is 11.6 Å². The molecule has 1 saturated heterocycles. The Balaban J connectivity index is 2.18. The van der Waals surface area contributed by atoms with Crippen LogP contribution in [0.4, 0.5) is 0 Å². The van der Waals surface area contributed by atoms with Gasteiger partial charge in [-0.05, 0) is 25.9 Å². The van der Waals surface area contributed by atoms with Gasteiger partial charge in [-0.2, -0.15) is 0 Å². The third-order valence-corrected chi connectivity index (χ3v) is 2.39. The molecule has 1 unspecified atom stereocenters. The zero-order valence-electron chi connectivity index (χ0n) is 6.68. The highest BCUT2D eigenvalue weighted by Crippen LogP contribution is 2.10. The molecular formula is C8H17ClN+. The molecule has 0 aliphatic carbocycles. The van der Waals surface area contributed by atoms with Gasteiger partial charge in [-0.3, -0.25) is 4.90 Å². The highest BCUT2D eigenvalue weighted by molar-refractivity contribution is 4.69. The number of alkyl halides is 1. The maximum Gasteiger partial charge on any atom is 0.192 e. The minimum absolute atomic E-state index is 0.528. The number of hydrogen-bond acceptors (Lipinski definition) is 1. The number of hydrogen-bond donors (Lipinski definition) is 0. The SMILES string of the molecule is CCCN1CCCC([ClH+])C1. The maximum atomic E-state index is 5.24. The molecule has 0 aromatic carbocycles. The van der Waals surface area contributed by atoms with Crippen LogP contribution in [-0.2, 0) is 0 Å². The number of rotatable bonds is 2. The topological polar surface area (TPSA) is 3.24 Å². The summed E-state index contributed by atoms with van der Waals surface area (Å²) in [6, 6.07) is 0. The second-order valence-corrected chi connectivity index (χ2v) is 3.73. The molecule has 1 nitrogen and oxygen atoms in total. The molecule has 0 radical (unpaired) electrons. The first-order valence-electron chi connectivity index (χ1n) is 4.21. The van der Waals surface area contributed by atoms with E-state index in [9.17, 15) is 0 Å². The Labute approximate surface area is 68.4 Å². The zero-order valence-corrected chi connectivity index (χ0v) is 7.49. The maximum absolute atomic E-state index is 5.24. The minimum atomic E-state index is 0.528. The van der Waals surface area contributed by atoms with Crippen LogP contribution in [0.25, 0.3) is 0 Å². The van der Waals surface area contributed by atoms with Gasteiger partial charge in [0.05, 0.1) is 6.54 Å². The van der Waals surface area contributed by atoms with Crippen molar-refractivity contribution in [2.75, 3.05) is 19.6 Å². The Hall–Kier alpha value is 0.250. The smallest absolute Gasteiger partial charge is 0.192 e. The van der Waals surface area contributed by atoms with Gasteiger partial charge in [0.15, 0.2) is 5.38 Å². The summed E-state index contributed by atoms with van der Waals surface area (Å²) >= 11 is 5.24. The van der Waals surface area contributed by atoms with E-state index in [-0.39, 0.29) is 0 Å². The standard InChI is InChI=1S/C8H17ClN/c1-2-5-10-6-3-4-8(9)7-10/h8-9H,2-7H2,1H3/q+1. The fourth-order valence-electron chi connectivity index (χ4n) is 1.53. The molecule has 0 N–H and O–H groups in total. The Bertz CT molecular complexity index is 93.3. The third-order valence-electron chi connectivity index (χ3n) is 2.00. The van der Waals surface area contributed by atoms with E-state index >= 15 is 0 Å². The molecule has 0 aromatic heterocycles. The average molecular weight is 163 g/mol. The molecule has 2 heteroatoms. The van der Waals surface area contributed by atoms with Crippen molar-refractivity contribution in [1.82, 2.24) is 4.90 Å². The number of piperidine rings is 1. The first kappa shape index (κ1) is 8.35. The second kappa shape index (κ2) is 4.20. The van der Waals surface area contributed by atoms with Crippen molar-refractivity contribution in [1.29, 1.82) is 0 Å². The molecule has 0 spiro atoms. The first-order valence-corrected chi connectivity index (χ1v) is 4.68. The summed E-state index contributed by atoms with van der Waals surface area (Å²) in [5.74, 6) is 0. The van der Waals surface area contributed by atoms with Crippen molar-refractivity contribution in [2.45, 2.75) is 31.6 Å². The quantitative estimate of drug-likeness (QED) is 0.551. The van der Waals surface area contributed by atoms with Gasteiger partial charge < -0.3 is 0 Å². The van der Waals surface area contributed by atoms with Crippen molar-refractivity contribution in [2.24, 2.45) is 0 Å². The lowest BCUT2D eigenvalue weighted by atomic mass is 10.1. The molecular weight excluding hydrogens is 146 g/mol. The molecule has 1 fully saturated rings. The van der Waals surface area contributed by atoms with Crippen molar-refractivity contribution >= 4 is 0 Å². The molecule has 1 aliphatic rings. The zero-order chi connectivity index (χ0) is 7.40. The molecule has 1 heterocycles. The number of halogens is 1. The molecule has 1 rings (SSSR count). The van der Waals surface area contributed by atoms with Gasteiger partial charge in [-0.1, -0.05) is 6.92 Å². The van der Waals surface area contributed by atoms with Crippen LogP contribution in [0.1, 0.15) is 26.2 Å². The number of nitrogens with zero attached hydrogens (tertiary/aromatic N) is 1. The molecule has 0 bridgehead atoms. The van der Waals surface area contributed by atoms with Crippen LogP contribution in [0.3, 0.4) is 0 Å². The van der Waals surface area contributed by atoms with Crippen molar-refractivity contribution in [3.05, 3.63) is 0 Å². The van der Waals surface area contributed by atoms with Crippen LogP contribution in [0, 0.1) is 11.6 Å². The van der Waals surface area contributed by atoms with Crippen LogP contribution in [-0.4, -0.2) is 29.9 Å². The fraction of sp³-hybridized carbons (Fsp3) is 1.00. The van der Waals surface area contributed by atoms with Gasteiger partial charge >= 0.3 is 0 Å². The van der Waals surface area contributed by atoms with Crippen molar-refractivity contribution < 1.29 is 11.6 Å². The highest BCUT2D eigenvalue weighted by atomic mass is 35.5. The summed E-state index contributed by atoms with van der Waals surface area (Å²) in [5.41, 5.74) is 0. The summed E-state index contributed by atoms with van der Waals surface area (Å²) in [5, 5.41) is 0.528. The van der Waals surface area contributed by atoms with Crippen molar-refractivity contribution in [3.8, 4) is 0 Å². The van der Waals surface area contributed by atoms with E-state index < -0.39 is 0 Å². The molecule has 1 atom stereocenters. The van der Waals surface area contributed by atoms with E-state index in [1.54, 1.807) is 0 Å². The Morgan fingerprint density at radius 3 is 3.00 bits per heavy atom. The van der Waals surface area contributed by atoms with Gasteiger partial charge in [-0.15, -0.1) is 0 Å². The lowest BCUT2D eigenvalue weighted by molar-refractivity contribution is -0.426. The molecule has 60 valence electrons. The Kier molecular flexibility index (Phi) is 3.50. The van der Waals surface area contributed by atoms with E-state index in [0.29, 0.717) is 5.38 Å². The van der Waals surface area contributed by atoms with Gasteiger partial charge in [0.25, 0.3) is 0 Å². The molecule has 0 saturated carbocycles. The molecule has 0 amide bonds. The van der Waals surface area contributed by atoms with E-state index in [1.165, 1.54) is 32.4 Å². The van der Waals surface area contributed by atoms with Gasteiger partial charge in [0.2, 0.25) is 0 Å². The van der Waals surface area contributed by atoms with E-state index in [0.717, 1.165) is 6.54 Å². The van der Waals surface area contributed by atoms with E-state index in [2.05, 4.69) is 11.8 Å². The molecule has 0 aromatic rings. The summed E-state index contributed by atoms with van der Waals surface area (Å²) in [4.78, 5) is 2.49. The summed E-state index contributed by atoms with van der Waals surface area (Å²) in [7, 11) is 0. The average Bonchev–Trinajstić information content (AvgIpc) is 1.88. The Morgan fingerprint density at radius 2 is 2.40 bits per heavy atom. The van der Waals surface area contributed by atoms with Gasteiger partial charge in [0, 0.05) is 6.42 Å². The lowest BCUT2D eigenvalue weighted by Crippen LogP contribution is -2.37. The summed E-state index contributed by atoms with van der Waals surface area (Å²) in [6.45, 7) is 5.91. The third kappa shape index (κ3) is 2.47. The van der Waals surface area contributed by atoms with Gasteiger partial charge in [-0.25, -0.2) is 0 Å². The monoisotopic (exact) mass is 162 g/mol. The largest absolute Gasteiger partial charge is 0.298 e. The normalized spacial score (nSPS) is 28.8. The Morgan fingerprint density at radius 1 is 1.60 bits per heavy atom. The highest BCUT2D eigenvalue weighted by Gasteiger charge is 2.21. The van der Waals surface area contributed by atoms with E-state index in [4.69, 9.17) is 11.6 Å². The summed E-state index contributed by atoms with van der Waals surface area (Å²) in [6.07, 6.45) is 3.84. The van der Waals surface area contributed by atoms with Crippen LogP contribution in [0.2, 0.25) is 0 Å². The van der Waals surface area contributed by atoms with Crippen molar-refractivity contribution in [3.63, 3.8) is 0 Å². The molecule has 1 aliphatic heterocycles. The minimum Gasteiger partial charge on any atom is -0.298 e. The van der Waals surface area contributed by atoms with Crippen LogP contribution < -0.4 is 0 Å². The second-order valence-electron chi connectivity index (χ2n) is 3.06. The lowest BCUT2D eigenvalue weighted by Gasteiger charge is -2.25.